The largest absolute Gasteiger partial charge is 0.354 e. The Balaban J connectivity index is 3.86. The topological polar surface area (TPSA) is 49.4 Å². The summed E-state index contributed by atoms with van der Waals surface area (Å²) in [5.41, 5.74) is 0. The molecule has 0 atom stereocenters. The molecule has 0 aromatic rings. The molecule has 0 unspecified atom stereocenters. The fraction of sp³-hybridized carbons (Fsp3) is 0.818. The molecule has 2 amide bonds. The number of amides is 2. The SMILES string of the molecule is CCC(=O)NCCN(CC(C)C)C(C)=O. The summed E-state index contributed by atoms with van der Waals surface area (Å²) in [5, 5.41) is 2.76. The van der Waals surface area contributed by atoms with Crippen molar-refractivity contribution in [1.82, 2.24) is 10.2 Å². The second-order valence-corrected chi connectivity index (χ2v) is 4.06. The van der Waals surface area contributed by atoms with E-state index < -0.39 is 0 Å². The van der Waals surface area contributed by atoms with Crippen LogP contribution in [0.5, 0.6) is 0 Å². The van der Waals surface area contributed by atoms with E-state index in [-0.39, 0.29) is 11.8 Å². The van der Waals surface area contributed by atoms with Crippen LogP contribution in [-0.4, -0.2) is 36.3 Å². The Hall–Kier alpha value is -1.06. The molecule has 0 aliphatic rings. The van der Waals surface area contributed by atoms with Crippen LogP contribution in [0.15, 0.2) is 0 Å². The monoisotopic (exact) mass is 214 g/mol. The van der Waals surface area contributed by atoms with E-state index in [4.69, 9.17) is 0 Å². The van der Waals surface area contributed by atoms with Crippen LogP contribution >= 0.6 is 0 Å². The van der Waals surface area contributed by atoms with Gasteiger partial charge in [-0.3, -0.25) is 9.59 Å². The van der Waals surface area contributed by atoms with E-state index >= 15 is 0 Å². The molecule has 0 radical (unpaired) electrons. The summed E-state index contributed by atoms with van der Waals surface area (Å²) in [5.74, 6) is 0.549. The van der Waals surface area contributed by atoms with Crippen LogP contribution in [0.2, 0.25) is 0 Å². The molecule has 0 heterocycles. The molecule has 0 aliphatic carbocycles. The second-order valence-electron chi connectivity index (χ2n) is 4.06. The maximum Gasteiger partial charge on any atom is 0.219 e. The van der Waals surface area contributed by atoms with Crippen molar-refractivity contribution in [3.05, 3.63) is 0 Å². The van der Waals surface area contributed by atoms with E-state index in [9.17, 15) is 9.59 Å². The standard InChI is InChI=1S/C11H22N2O2/c1-5-11(15)12-6-7-13(10(4)14)8-9(2)3/h9H,5-8H2,1-4H3,(H,12,15). The van der Waals surface area contributed by atoms with E-state index in [2.05, 4.69) is 19.2 Å². The molecule has 0 rings (SSSR count). The Kier molecular flexibility index (Phi) is 6.75. The Morgan fingerprint density at radius 1 is 1.33 bits per heavy atom. The zero-order valence-corrected chi connectivity index (χ0v) is 10.2. The summed E-state index contributed by atoms with van der Waals surface area (Å²) in [4.78, 5) is 24.0. The predicted octanol–water partition coefficient (Wildman–Crippen LogP) is 1.02. The van der Waals surface area contributed by atoms with Crippen molar-refractivity contribution in [3.63, 3.8) is 0 Å². The number of hydrogen-bond donors (Lipinski definition) is 1. The zero-order valence-electron chi connectivity index (χ0n) is 10.2. The highest BCUT2D eigenvalue weighted by molar-refractivity contribution is 5.75. The minimum Gasteiger partial charge on any atom is -0.354 e. The number of rotatable bonds is 6. The number of nitrogens with one attached hydrogen (secondary N) is 1. The first-order valence-corrected chi connectivity index (χ1v) is 5.49. The zero-order chi connectivity index (χ0) is 11.8. The van der Waals surface area contributed by atoms with Crippen LogP contribution in [0.3, 0.4) is 0 Å². The van der Waals surface area contributed by atoms with Crippen molar-refractivity contribution in [2.75, 3.05) is 19.6 Å². The number of carbonyl (C=O) groups excluding carboxylic acids is 2. The van der Waals surface area contributed by atoms with E-state index in [0.29, 0.717) is 25.4 Å². The Labute approximate surface area is 92.0 Å². The lowest BCUT2D eigenvalue weighted by Gasteiger charge is -2.23. The summed E-state index contributed by atoms with van der Waals surface area (Å²) >= 11 is 0. The van der Waals surface area contributed by atoms with Gasteiger partial charge in [-0.05, 0) is 5.92 Å². The lowest BCUT2D eigenvalue weighted by atomic mass is 10.2. The molecule has 0 aromatic heterocycles. The lowest BCUT2D eigenvalue weighted by molar-refractivity contribution is -0.130. The smallest absolute Gasteiger partial charge is 0.219 e. The highest BCUT2D eigenvalue weighted by Crippen LogP contribution is 1.98. The Morgan fingerprint density at radius 2 is 1.93 bits per heavy atom. The molecule has 4 heteroatoms. The average molecular weight is 214 g/mol. The van der Waals surface area contributed by atoms with Crippen LogP contribution in [0, 0.1) is 5.92 Å². The predicted molar refractivity (Wildman–Crippen MR) is 60.4 cm³/mol. The van der Waals surface area contributed by atoms with Gasteiger partial charge in [-0.2, -0.15) is 0 Å². The maximum absolute atomic E-state index is 11.2. The minimum absolute atomic E-state index is 0.0306. The molecule has 1 N–H and O–H groups in total. The van der Waals surface area contributed by atoms with E-state index in [1.807, 2.05) is 6.92 Å². The molecule has 4 nitrogen and oxygen atoms in total. The van der Waals surface area contributed by atoms with Gasteiger partial charge >= 0.3 is 0 Å². The Morgan fingerprint density at radius 3 is 2.33 bits per heavy atom. The van der Waals surface area contributed by atoms with Gasteiger partial charge in [0.2, 0.25) is 11.8 Å². The highest BCUT2D eigenvalue weighted by Gasteiger charge is 2.10. The van der Waals surface area contributed by atoms with Gasteiger partial charge in [0.15, 0.2) is 0 Å². The third-order valence-corrected chi connectivity index (χ3v) is 2.06. The summed E-state index contributed by atoms with van der Waals surface area (Å²) in [6.45, 7) is 9.40. The van der Waals surface area contributed by atoms with E-state index in [1.165, 1.54) is 0 Å². The molecule has 0 aromatic carbocycles. The molecule has 0 aliphatic heterocycles. The van der Waals surface area contributed by atoms with Crippen molar-refractivity contribution in [1.29, 1.82) is 0 Å². The highest BCUT2D eigenvalue weighted by atomic mass is 16.2. The fourth-order valence-electron chi connectivity index (χ4n) is 1.27. The van der Waals surface area contributed by atoms with Gasteiger partial charge in [-0.1, -0.05) is 20.8 Å². The first kappa shape index (κ1) is 13.9. The van der Waals surface area contributed by atoms with Gasteiger partial charge in [-0.15, -0.1) is 0 Å². The van der Waals surface area contributed by atoms with Gasteiger partial charge in [0.05, 0.1) is 0 Å². The normalized spacial score (nSPS) is 10.2. The van der Waals surface area contributed by atoms with Gasteiger partial charge in [0, 0.05) is 33.0 Å². The second kappa shape index (κ2) is 7.26. The third kappa shape index (κ3) is 6.94. The molecule has 0 saturated heterocycles. The number of hydrogen-bond acceptors (Lipinski definition) is 2. The minimum atomic E-state index is 0.0306. The van der Waals surface area contributed by atoms with Crippen molar-refractivity contribution < 1.29 is 9.59 Å². The van der Waals surface area contributed by atoms with Crippen LogP contribution in [0.25, 0.3) is 0 Å². The Bertz CT molecular complexity index is 215. The van der Waals surface area contributed by atoms with Crippen molar-refractivity contribution in [2.24, 2.45) is 5.92 Å². The van der Waals surface area contributed by atoms with Crippen LogP contribution in [0.4, 0.5) is 0 Å². The molecular weight excluding hydrogens is 192 g/mol. The third-order valence-electron chi connectivity index (χ3n) is 2.06. The first-order valence-electron chi connectivity index (χ1n) is 5.49. The maximum atomic E-state index is 11.2. The number of nitrogens with zero attached hydrogens (tertiary/aromatic N) is 1. The molecule has 88 valence electrons. The van der Waals surface area contributed by atoms with Gasteiger partial charge < -0.3 is 10.2 Å². The van der Waals surface area contributed by atoms with E-state index in [1.54, 1.807) is 11.8 Å². The van der Waals surface area contributed by atoms with Crippen molar-refractivity contribution >= 4 is 11.8 Å². The quantitative estimate of drug-likeness (QED) is 0.717. The number of carbonyl (C=O) groups is 2. The van der Waals surface area contributed by atoms with Crippen LogP contribution < -0.4 is 5.32 Å². The summed E-state index contributed by atoms with van der Waals surface area (Å²) in [6.07, 6.45) is 0.490. The summed E-state index contributed by atoms with van der Waals surface area (Å²) in [7, 11) is 0. The van der Waals surface area contributed by atoms with E-state index in [0.717, 1.165) is 6.54 Å². The summed E-state index contributed by atoms with van der Waals surface area (Å²) in [6, 6.07) is 0. The molecule has 15 heavy (non-hydrogen) atoms. The fourth-order valence-corrected chi connectivity index (χ4v) is 1.27. The molecule has 0 spiro atoms. The lowest BCUT2D eigenvalue weighted by Crippen LogP contribution is -2.39. The molecule has 0 bridgehead atoms. The van der Waals surface area contributed by atoms with Crippen molar-refractivity contribution in [2.45, 2.75) is 34.1 Å². The molecule has 0 fully saturated rings. The molecule has 0 saturated carbocycles. The van der Waals surface area contributed by atoms with Crippen LogP contribution in [0.1, 0.15) is 34.1 Å². The summed E-state index contributed by atoms with van der Waals surface area (Å²) < 4.78 is 0. The first-order chi connectivity index (χ1) is 6.97. The van der Waals surface area contributed by atoms with Gasteiger partial charge in [0.1, 0.15) is 0 Å². The van der Waals surface area contributed by atoms with Crippen LogP contribution in [-0.2, 0) is 9.59 Å². The average Bonchev–Trinajstić information content (AvgIpc) is 2.15. The van der Waals surface area contributed by atoms with Crippen molar-refractivity contribution in [3.8, 4) is 0 Å². The van der Waals surface area contributed by atoms with Gasteiger partial charge in [0.25, 0.3) is 0 Å². The molecular formula is C11H22N2O2. The van der Waals surface area contributed by atoms with Gasteiger partial charge in [-0.25, -0.2) is 0 Å².